The van der Waals surface area contributed by atoms with E-state index in [1.165, 1.54) is 12.5 Å². The van der Waals surface area contributed by atoms with Gasteiger partial charge in [-0.3, -0.25) is 9.69 Å². The summed E-state index contributed by atoms with van der Waals surface area (Å²) in [7, 11) is 0. The standard InChI is InChI=1S/C15H19N3O3/c1-11-14(12(2)21-16-11)9-17-4-6-18(7-5-17)15(19)13-3-8-20-10-13/h3,8,10H,4-7,9H2,1-2H3. The highest BCUT2D eigenvalue weighted by Crippen LogP contribution is 2.17. The molecule has 0 saturated carbocycles. The van der Waals surface area contributed by atoms with Gasteiger partial charge in [-0.05, 0) is 19.9 Å². The van der Waals surface area contributed by atoms with Crippen LogP contribution in [0.1, 0.15) is 27.4 Å². The molecule has 6 heteroatoms. The second-order valence-electron chi connectivity index (χ2n) is 5.38. The fourth-order valence-electron chi connectivity index (χ4n) is 2.63. The van der Waals surface area contributed by atoms with Gasteiger partial charge in [0.1, 0.15) is 12.0 Å². The number of carbonyl (C=O) groups excluding carboxylic acids is 1. The van der Waals surface area contributed by atoms with Crippen molar-refractivity contribution in [3.8, 4) is 0 Å². The Morgan fingerprint density at radius 2 is 2.05 bits per heavy atom. The smallest absolute Gasteiger partial charge is 0.257 e. The van der Waals surface area contributed by atoms with E-state index in [2.05, 4.69) is 10.1 Å². The summed E-state index contributed by atoms with van der Waals surface area (Å²) in [6, 6.07) is 1.71. The molecular formula is C15H19N3O3. The van der Waals surface area contributed by atoms with Crippen molar-refractivity contribution in [3.05, 3.63) is 41.2 Å². The molecule has 2 aromatic heterocycles. The second-order valence-corrected chi connectivity index (χ2v) is 5.38. The van der Waals surface area contributed by atoms with E-state index in [0.29, 0.717) is 5.56 Å². The van der Waals surface area contributed by atoms with E-state index < -0.39 is 0 Å². The van der Waals surface area contributed by atoms with Crippen molar-refractivity contribution in [2.45, 2.75) is 20.4 Å². The van der Waals surface area contributed by atoms with E-state index >= 15 is 0 Å². The normalized spacial score (nSPS) is 16.4. The zero-order chi connectivity index (χ0) is 14.8. The van der Waals surface area contributed by atoms with E-state index in [0.717, 1.165) is 49.7 Å². The van der Waals surface area contributed by atoms with Crippen LogP contribution < -0.4 is 0 Å². The maximum Gasteiger partial charge on any atom is 0.257 e. The topological polar surface area (TPSA) is 62.7 Å². The Labute approximate surface area is 123 Å². The Hall–Kier alpha value is -2.08. The Morgan fingerprint density at radius 1 is 1.29 bits per heavy atom. The minimum atomic E-state index is 0.0424. The van der Waals surface area contributed by atoms with Gasteiger partial charge in [-0.2, -0.15) is 0 Å². The summed E-state index contributed by atoms with van der Waals surface area (Å²) in [5.74, 6) is 0.921. The number of amides is 1. The molecule has 0 atom stereocenters. The van der Waals surface area contributed by atoms with Crippen molar-refractivity contribution in [1.82, 2.24) is 15.0 Å². The molecule has 0 aliphatic carbocycles. The van der Waals surface area contributed by atoms with Crippen LogP contribution in [0.4, 0.5) is 0 Å². The van der Waals surface area contributed by atoms with Crippen LogP contribution in [-0.2, 0) is 6.54 Å². The third kappa shape index (κ3) is 2.85. The molecule has 0 unspecified atom stereocenters. The number of hydrogen-bond acceptors (Lipinski definition) is 5. The Balaban J connectivity index is 1.57. The first-order valence-electron chi connectivity index (χ1n) is 7.10. The van der Waals surface area contributed by atoms with Gasteiger partial charge in [0.05, 0.1) is 17.5 Å². The third-order valence-corrected chi connectivity index (χ3v) is 3.99. The maximum atomic E-state index is 12.2. The summed E-state index contributed by atoms with van der Waals surface area (Å²) in [6.07, 6.45) is 3.03. The molecule has 3 heterocycles. The molecule has 1 aliphatic heterocycles. The van der Waals surface area contributed by atoms with Crippen molar-refractivity contribution >= 4 is 5.91 Å². The molecule has 2 aromatic rings. The highest BCUT2D eigenvalue weighted by molar-refractivity contribution is 5.93. The van der Waals surface area contributed by atoms with E-state index in [1.807, 2.05) is 18.7 Å². The molecule has 0 spiro atoms. The fraction of sp³-hybridized carbons (Fsp3) is 0.467. The number of nitrogens with zero attached hydrogens (tertiary/aromatic N) is 3. The minimum Gasteiger partial charge on any atom is -0.472 e. The Morgan fingerprint density at radius 3 is 2.62 bits per heavy atom. The molecule has 1 fully saturated rings. The molecule has 1 amide bonds. The average molecular weight is 289 g/mol. The van der Waals surface area contributed by atoms with Crippen LogP contribution in [0.3, 0.4) is 0 Å². The summed E-state index contributed by atoms with van der Waals surface area (Å²) in [5.41, 5.74) is 2.73. The first-order valence-corrected chi connectivity index (χ1v) is 7.10. The van der Waals surface area contributed by atoms with Crippen molar-refractivity contribution in [1.29, 1.82) is 0 Å². The minimum absolute atomic E-state index is 0.0424. The number of piperazine rings is 1. The molecule has 0 radical (unpaired) electrons. The van der Waals surface area contributed by atoms with Crippen molar-refractivity contribution in [3.63, 3.8) is 0 Å². The van der Waals surface area contributed by atoms with Gasteiger partial charge in [0.2, 0.25) is 0 Å². The van der Waals surface area contributed by atoms with Crippen molar-refractivity contribution < 1.29 is 13.7 Å². The quantitative estimate of drug-likeness (QED) is 0.862. The molecule has 112 valence electrons. The predicted molar refractivity (Wildman–Crippen MR) is 75.9 cm³/mol. The molecular weight excluding hydrogens is 270 g/mol. The summed E-state index contributed by atoms with van der Waals surface area (Å²) in [5, 5.41) is 3.98. The maximum absolute atomic E-state index is 12.2. The van der Waals surface area contributed by atoms with Gasteiger partial charge < -0.3 is 13.8 Å². The van der Waals surface area contributed by atoms with Crippen LogP contribution in [0.25, 0.3) is 0 Å². The lowest BCUT2D eigenvalue weighted by atomic mass is 10.1. The van der Waals surface area contributed by atoms with E-state index in [1.54, 1.807) is 6.07 Å². The van der Waals surface area contributed by atoms with Crippen molar-refractivity contribution in [2.24, 2.45) is 0 Å². The first kappa shape index (κ1) is 13.9. The summed E-state index contributed by atoms with van der Waals surface area (Å²) in [6.45, 7) is 7.90. The van der Waals surface area contributed by atoms with Crippen LogP contribution in [0.5, 0.6) is 0 Å². The van der Waals surface area contributed by atoms with Gasteiger partial charge in [0.25, 0.3) is 5.91 Å². The van der Waals surface area contributed by atoms with Crippen molar-refractivity contribution in [2.75, 3.05) is 26.2 Å². The number of furan rings is 1. The van der Waals surface area contributed by atoms with Gasteiger partial charge in [-0.1, -0.05) is 5.16 Å². The number of aromatic nitrogens is 1. The number of hydrogen-bond donors (Lipinski definition) is 0. The van der Waals surface area contributed by atoms with Gasteiger partial charge in [0.15, 0.2) is 0 Å². The molecule has 6 nitrogen and oxygen atoms in total. The predicted octanol–water partition coefficient (Wildman–Crippen LogP) is 1.84. The van der Waals surface area contributed by atoms with Crippen LogP contribution in [0.2, 0.25) is 0 Å². The molecule has 1 aliphatic rings. The van der Waals surface area contributed by atoms with E-state index in [9.17, 15) is 4.79 Å². The lowest BCUT2D eigenvalue weighted by molar-refractivity contribution is 0.0627. The summed E-state index contributed by atoms with van der Waals surface area (Å²) in [4.78, 5) is 16.4. The van der Waals surface area contributed by atoms with E-state index in [-0.39, 0.29) is 5.91 Å². The highest BCUT2D eigenvalue weighted by Gasteiger charge is 2.24. The van der Waals surface area contributed by atoms with Crippen LogP contribution in [0.15, 0.2) is 27.5 Å². The van der Waals surface area contributed by atoms with Gasteiger partial charge in [-0.15, -0.1) is 0 Å². The molecule has 1 saturated heterocycles. The molecule has 0 aromatic carbocycles. The van der Waals surface area contributed by atoms with Gasteiger partial charge >= 0.3 is 0 Å². The molecule has 0 bridgehead atoms. The highest BCUT2D eigenvalue weighted by atomic mass is 16.5. The van der Waals surface area contributed by atoms with Crippen LogP contribution in [0, 0.1) is 13.8 Å². The monoisotopic (exact) mass is 289 g/mol. The Bertz CT molecular complexity index is 591. The number of carbonyl (C=O) groups is 1. The second kappa shape index (κ2) is 5.73. The Kier molecular flexibility index (Phi) is 3.79. The molecule has 0 N–H and O–H groups in total. The fourth-order valence-corrected chi connectivity index (χ4v) is 2.63. The summed E-state index contributed by atoms with van der Waals surface area (Å²) < 4.78 is 10.2. The third-order valence-electron chi connectivity index (χ3n) is 3.99. The zero-order valence-electron chi connectivity index (χ0n) is 12.3. The lowest BCUT2D eigenvalue weighted by Crippen LogP contribution is -2.48. The largest absolute Gasteiger partial charge is 0.472 e. The SMILES string of the molecule is Cc1noc(C)c1CN1CCN(C(=O)c2ccoc2)CC1. The molecule has 3 rings (SSSR count). The van der Waals surface area contributed by atoms with Crippen LogP contribution in [-0.4, -0.2) is 47.0 Å². The number of aryl methyl sites for hydroxylation is 2. The summed E-state index contributed by atoms with van der Waals surface area (Å²) >= 11 is 0. The number of rotatable bonds is 3. The van der Waals surface area contributed by atoms with E-state index in [4.69, 9.17) is 8.94 Å². The zero-order valence-corrected chi connectivity index (χ0v) is 12.3. The lowest BCUT2D eigenvalue weighted by Gasteiger charge is -2.34. The molecule has 21 heavy (non-hydrogen) atoms. The van der Waals surface area contributed by atoms with Gasteiger partial charge in [-0.25, -0.2) is 0 Å². The van der Waals surface area contributed by atoms with Gasteiger partial charge in [0, 0.05) is 38.3 Å². The first-order chi connectivity index (χ1) is 10.1. The van der Waals surface area contributed by atoms with Crippen LogP contribution >= 0.6 is 0 Å². The average Bonchev–Trinajstić information content (AvgIpc) is 3.13.